The first-order valence-electron chi connectivity index (χ1n) is 16.3. The molecule has 0 saturated carbocycles. The van der Waals surface area contributed by atoms with E-state index in [2.05, 4.69) is 15.2 Å². The summed E-state index contributed by atoms with van der Waals surface area (Å²) in [4.78, 5) is 60.8. The van der Waals surface area contributed by atoms with Gasteiger partial charge in [0, 0.05) is 30.3 Å². The Morgan fingerprint density at radius 2 is 1.83 bits per heavy atom. The fourth-order valence-electron chi connectivity index (χ4n) is 6.18. The highest BCUT2D eigenvalue weighted by Gasteiger charge is 2.41. The lowest BCUT2D eigenvalue weighted by Crippen LogP contribution is -2.36. The van der Waals surface area contributed by atoms with Crippen LogP contribution in [0.15, 0.2) is 18.2 Å². The summed E-state index contributed by atoms with van der Waals surface area (Å²) in [7, 11) is 3.97. The lowest BCUT2D eigenvalue weighted by molar-refractivity contribution is 0.0518. The predicted octanol–water partition coefficient (Wildman–Crippen LogP) is 6.60. The number of hydrogen-bond acceptors (Lipinski definition) is 8. The van der Waals surface area contributed by atoms with Crippen LogP contribution in [0.3, 0.4) is 0 Å². The maximum atomic E-state index is 14.3. The van der Waals surface area contributed by atoms with Gasteiger partial charge in [-0.05, 0) is 84.2 Å². The van der Waals surface area contributed by atoms with Crippen molar-refractivity contribution in [2.45, 2.75) is 98.6 Å². The van der Waals surface area contributed by atoms with Gasteiger partial charge in [0.2, 0.25) is 0 Å². The number of Topliss-reactive ketones (excluding diaryl/α,β-unsaturated/α-hetero) is 1. The third-order valence-corrected chi connectivity index (χ3v) is 8.19. The molecule has 1 atom stereocenters. The normalized spacial score (nSPS) is 15.1. The van der Waals surface area contributed by atoms with Crippen molar-refractivity contribution >= 4 is 34.9 Å². The van der Waals surface area contributed by atoms with Gasteiger partial charge in [-0.3, -0.25) is 9.59 Å². The van der Waals surface area contributed by atoms with Crippen molar-refractivity contribution in [3.63, 3.8) is 0 Å². The minimum Gasteiger partial charge on any atom is -0.493 e. The predicted molar refractivity (Wildman–Crippen MR) is 179 cm³/mol. The van der Waals surface area contributed by atoms with Crippen molar-refractivity contribution in [1.29, 1.82) is 0 Å². The van der Waals surface area contributed by atoms with Crippen LogP contribution < -0.4 is 10.1 Å². The smallest absolute Gasteiger partial charge is 0.419 e. The first-order chi connectivity index (χ1) is 21.9. The second-order valence-corrected chi connectivity index (χ2v) is 14.5. The molecule has 256 valence electrons. The fraction of sp³-hybridized carbons (Fsp3) is 0.571. The molecule has 0 radical (unpaired) electrons. The van der Waals surface area contributed by atoms with Crippen LogP contribution in [0.5, 0.6) is 5.75 Å². The van der Waals surface area contributed by atoms with Crippen molar-refractivity contribution in [2.75, 3.05) is 27.2 Å². The summed E-state index contributed by atoms with van der Waals surface area (Å²) >= 11 is 0. The monoisotopic (exact) mass is 651 g/mol. The number of unbranched alkanes of at least 4 members (excludes halogenated alkanes) is 1. The van der Waals surface area contributed by atoms with E-state index in [1.807, 2.05) is 34.9 Å². The maximum Gasteiger partial charge on any atom is 0.419 e. The van der Waals surface area contributed by atoms with Gasteiger partial charge in [0.15, 0.2) is 5.78 Å². The van der Waals surface area contributed by atoms with Crippen molar-refractivity contribution in [3.05, 3.63) is 46.5 Å². The molecule has 1 amide bonds. The summed E-state index contributed by atoms with van der Waals surface area (Å²) in [5.74, 6) is -0.0965. The molecule has 1 aliphatic carbocycles. The number of nitrogens with one attached hydrogen (secondary N) is 1. The molecule has 12 heteroatoms. The lowest BCUT2D eigenvalue weighted by atomic mass is 9.75. The average Bonchev–Trinajstić information content (AvgIpc) is 3.46. The van der Waals surface area contributed by atoms with E-state index in [0.29, 0.717) is 59.5 Å². The molecule has 2 N–H and O–H groups in total. The molecule has 47 heavy (non-hydrogen) atoms. The van der Waals surface area contributed by atoms with Gasteiger partial charge in [-0.25, -0.2) is 23.7 Å². The number of ketones is 1. The average molecular weight is 652 g/mol. The van der Waals surface area contributed by atoms with Crippen LogP contribution >= 0.6 is 0 Å². The molecule has 0 spiro atoms. The van der Waals surface area contributed by atoms with E-state index >= 15 is 0 Å². The number of aromatic nitrogens is 3. The maximum absolute atomic E-state index is 14.3. The number of nitrogens with zero attached hydrogens (tertiary/aromatic N) is 4. The Morgan fingerprint density at radius 1 is 1.13 bits per heavy atom. The molecule has 12 nitrogen and oxygen atoms in total. The molecule has 0 aliphatic heterocycles. The van der Waals surface area contributed by atoms with Gasteiger partial charge in [-0.15, -0.1) is 0 Å². The standard InChI is InChI=1S/C35H49N5O7/c1-10-11-13-24(30-36-23-15-14-22(46-17-12-16-38(8)9)18-25(23)40(30)32(43)44)37-31(42)29-21(2)28-26(19-35(6,7)20-27(28)41)39(29)33(45)47-34(3,4)5/h14-15,18,24H,10-13,16-17,19-20H2,1-9H3,(H,37,42)(H,43,44). The van der Waals surface area contributed by atoms with Crippen molar-refractivity contribution in [2.24, 2.45) is 5.41 Å². The number of hydrogen-bond donors (Lipinski definition) is 2. The number of carboxylic acid groups (broad SMARTS) is 1. The molecule has 1 aromatic carbocycles. The summed E-state index contributed by atoms with van der Waals surface area (Å²) in [6.07, 6.45) is 1.33. The zero-order valence-corrected chi connectivity index (χ0v) is 29.2. The Labute approximate surface area is 276 Å². The van der Waals surface area contributed by atoms with Crippen molar-refractivity contribution in [3.8, 4) is 5.75 Å². The number of rotatable bonds is 11. The molecule has 0 saturated heterocycles. The summed E-state index contributed by atoms with van der Waals surface area (Å²) in [6, 6.07) is 4.28. The van der Waals surface area contributed by atoms with Crippen molar-refractivity contribution < 1.29 is 33.8 Å². The second-order valence-electron chi connectivity index (χ2n) is 14.5. The topological polar surface area (TPSA) is 145 Å². The Hall–Kier alpha value is -4.19. The molecular weight excluding hydrogens is 602 g/mol. The molecular formula is C35H49N5O7. The van der Waals surface area contributed by atoms with Crippen LogP contribution in [-0.4, -0.2) is 80.8 Å². The number of carbonyl (C=O) groups excluding carboxylic acids is 3. The number of imidazole rings is 1. The van der Waals surface area contributed by atoms with E-state index in [9.17, 15) is 24.3 Å². The Balaban J connectivity index is 1.78. The summed E-state index contributed by atoms with van der Waals surface area (Å²) in [5.41, 5.74) is 0.706. The number of ether oxygens (including phenoxy) is 2. The largest absolute Gasteiger partial charge is 0.493 e. The van der Waals surface area contributed by atoms with E-state index in [-0.39, 0.29) is 23.7 Å². The summed E-state index contributed by atoms with van der Waals surface area (Å²) < 4.78 is 13.9. The van der Waals surface area contributed by atoms with Gasteiger partial charge < -0.3 is 24.8 Å². The molecule has 2 aromatic heterocycles. The first-order valence-corrected chi connectivity index (χ1v) is 16.3. The Bertz CT molecular complexity index is 1680. The summed E-state index contributed by atoms with van der Waals surface area (Å²) in [5, 5.41) is 13.4. The van der Waals surface area contributed by atoms with E-state index in [1.54, 1.807) is 45.9 Å². The van der Waals surface area contributed by atoms with E-state index in [4.69, 9.17) is 9.47 Å². The Kier molecular flexibility index (Phi) is 10.5. The van der Waals surface area contributed by atoms with E-state index in [1.165, 1.54) is 4.57 Å². The molecule has 1 aliphatic rings. The highest BCUT2D eigenvalue weighted by molar-refractivity contribution is 6.07. The first kappa shape index (κ1) is 35.7. The molecule has 4 rings (SSSR count). The van der Waals surface area contributed by atoms with Gasteiger partial charge >= 0.3 is 12.2 Å². The molecule has 1 unspecified atom stereocenters. The third-order valence-electron chi connectivity index (χ3n) is 8.19. The van der Waals surface area contributed by atoms with E-state index in [0.717, 1.165) is 24.0 Å². The van der Waals surface area contributed by atoms with Gasteiger partial charge in [-0.1, -0.05) is 33.6 Å². The minimum atomic E-state index is -1.25. The second kappa shape index (κ2) is 13.9. The number of amides is 1. The molecule has 2 heterocycles. The number of fused-ring (bicyclic) bond motifs is 2. The highest BCUT2D eigenvalue weighted by atomic mass is 16.6. The minimum absolute atomic E-state index is 0.00296. The van der Waals surface area contributed by atoms with Crippen LogP contribution in [0, 0.1) is 12.3 Å². The molecule has 3 aromatic rings. The Morgan fingerprint density at radius 3 is 2.45 bits per heavy atom. The van der Waals surface area contributed by atoms with Crippen LogP contribution in [0.1, 0.15) is 118 Å². The van der Waals surface area contributed by atoms with Gasteiger partial charge in [0.1, 0.15) is 22.9 Å². The zero-order valence-electron chi connectivity index (χ0n) is 29.2. The fourth-order valence-corrected chi connectivity index (χ4v) is 6.18. The van der Waals surface area contributed by atoms with Gasteiger partial charge in [0.25, 0.3) is 5.91 Å². The lowest BCUT2D eigenvalue weighted by Gasteiger charge is -2.30. The number of benzene rings is 1. The van der Waals surface area contributed by atoms with Gasteiger partial charge in [0.05, 0.1) is 23.7 Å². The highest BCUT2D eigenvalue weighted by Crippen LogP contribution is 2.39. The molecule has 0 fully saturated rings. The van der Waals surface area contributed by atoms with Gasteiger partial charge in [-0.2, -0.15) is 0 Å². The van der Waals surface area contributed by atoms with Crippen LogP contribution in [0.4, 0.5) is 9.59 Å². The SMILES string of the molecule is CCCCC(NC(=O)c1c(C)c2c(n1C(=O)OC(C)(C)C)CC(C)(C)CC2=O)c1nc2ccc(OCCCN(C)C)cc2n1C(=O)O. The quantitative estimate of drug-likeness (QED) is 0.219. The van der Waals surface area contributed by atoms with Crippen LogP contribution in [-0.2, 0) is 11.2 Å². The molecule has 0 bridgehead atoms. The van der Waals surface area contributed by atoms with E-state index < -0.39 is 35.2 Å². The van der Waals surface area contributed by atoms with Crippen LogP contribution in [0.2, 0.25) is 0 Å². The zero-order chi connectivity index (χ0) is 34.8. The van der Waals surface area contributed by atoms with Crippen molar-refractivity contribution in [1.82, 2.24) is 24.3 Å². The third kappa shape index (κ3) is 8.04. The van der Waals surface area contributed by atoms with Crippen LogP contribution in [0.25, 0.3) is 11.0 Å². The number of carbonyl (C=O) groups is 4. The summed E-state index contributed by atoms with van der Waals surface area (Å²) in [6.45, 7) is 14.1.